The predicted molar refractivity (Wildman–Crippen MR) is 65.6 cm³/mol. The first-order chi connectivity index (χ1) is 7.90. The Morgan fingerprint density at radius 2 is 2.18 bits per heavy atom. The van der Waals surface area contributed by atoms with Crippen molar-refractivity contribution >= 4 is 27.3 Å². The number of benzene rings is 1. The maximum atomic E-state index is 11.6. The van der Waals surface area contributed by atoms with Crippen LogP contribution in [0.3, 0.4) is 0 Å². The smallest absolute Gasteiger partial charge is 0.248 e. The van der Waals surface area contributed by atoms with Crippen LogP contribution < -0.4 is 9.46 Å². The minimum absolute atomic E-state index is 0.289. The van der Waals surface area contributed by atoms with Gasteiger partial charge in [-0.15, -0.1) is 0 Å². The number of rotatable bonds is 4. The summed E-state index contributed by atoms with van der Waals surface area (Å²) in [7, 11) is -2.25. The van der Waals surface area contributed by atoms with E-state index in [1.165, 1.54) is 32.2 Å². The van der Waals surface area contributed by atoms with Crippen LogP contribution in [0, 0.1) is 11.3 Å². The molecule has 0 heterocycles. The molecule has 0 saturated heterocycles. The van der Waals surface area contributed by atoms with E-state index in [0.717, 1.165) is 0 Å². The highest BCUT2D eigenvalue weighted by molar-refractivity contribution is 7.93. The average Bonchev–Trinajstić information content (AvgIpc) is 2.27. The molecule has 0 saturated carbocycles. The Balaban J connectivity index is 2.98. The predicted octanol–water partition coefficient (Wildman–Crippen LogP) is 2.00. The molecule has 0 aliphatic heterocycles. The molecule has 0 fully saturated rings. The Hall–Kier alpha value is -1.45. The van der Waals surface area contributed by atoms with Crippen LogP contribution in [-0.4, -0.2) is 20.8 Å². The average molecular weight is 275 g/mol. The molecule has 1 aromatic rings. The number of nitrogens with zero attached hydrogens (tertiary/aromatic N) is 1. The minimum Gasteiger partial charge on any atom is -0.495 e. The minimum atomic E-state index is -3.71. The van der Waals surface area contributed by atoms with Crippen LogP contribution in [0.1, 0.15) is 6.92 Å². The van der Waals surface area contributed by atoms with Gasteiger partial charge in [-0.05, 0) is 25.1 Å². The highest BCUT2D eigenvalue weighted by atomic mass is 35.5. The highest BCUT2D eigenvalue weighted by Crippen LogP contribution is 2.27. The summed E-state index contributed by atoms with van der Waals surface area (Å²) in [5, 5.41) is 7.72. The van der Waals surface area contributed by atoms with Crippen molar-refractivity contribution < 1.29 is 13.2 Å². The summed E-state index contributed by atoms with van der Waals surface area (Å²) in [4.78, 5) is 0. The molecule has 17 heavy (non-hydrogen) atoms. The molecule has 0 radical (unpaired) electrons. The van der Waals surface area contributed by atoms with Gasteiger partial charge in [0.15, 0.2) is 5.25 Å². The Morgan fingerprint density at radius 3 is 2.65 bits per heavy atom. The maximum absolute atomic E-state index is 11.6. The third-order valence-corrected chi connectivity index (χ3v) is 3.91. The van der Waals surface area contributed by atoms with E-state index in [2.05, 4.69) is 4.72 Å². The van der Waals surface area contributed by atoms with Gasteiger partial charge in [0.05, 0.1) is 23.9 Å². The van der Waals surface area contributed by atoms with Crippen LogP contribution in [0.4, 0.5) is 5.69 Å². The Morgan fingerprint density at radius 1 is 1.53 bits per heavy atom. The van der Waals surface area contributed by atoms with Crippen LogP contribution in [0.5, 0.6) is 5.75 Å². The zero-order valence-corrected chi connectivity index (χ0v) is 10.8. The summed E-state index contributed by atoms with van der Waals surface area (Å²) >= 11 is 5.85. The first kappa shape index (κ1) is 13.6. The fourth-order valence-electron chi connectivity index (χ4n) is 1.05. The van der Waals surface area contributed by atoms with Gasteiger partial charge in [-0.1, -0.05) is 11.6 Å². The van der Waals surface area contributed by atoms with Crippen molar-refractivity contribution in [2.45, 2.75) is 12.2 Å². The van der Waals surface area contributed by atoms with E-state index in [-0.39, 0.29) is 10.7 Å². The molecule has 1 rings (SSSR count). The lowest BCUT2D eigenvalue weighted by atomic mass is 10.3. The standard InChI is InChI=1S/C10H11ClN2O3S/c1-7(6-12)17(14,15)13-8-3-4-10(16-2)9(11)5-8/h3-5,7,13H,1-2H3. The number of halogens is 1. The SMILES string of the molecule is COc1ccc(NS(=O)(=O)C(C)C#N)cc1Cl. The van der Waals surface area contributed by atoms with Gasteiger partial charge in [0.25, 0.3) is 0 Å². The number of methoxy groups -OCH3 is 1. The van der Waals surface area contributed by atoms with Crippen LogP contribution in [0.15, 0.2) is 18.2 Å². The monoisotopic (exact) mass is 274 g/mol. The van der Waals surface area contributed by atoms with E-state index in [9.17, 15) is 8.42 Å². The zero-order chi connectivity index (χ0) is 13.1. The number of anilines is 1. The summed E-state index contributed by atoms with van der Waals surface area (Å²) in [6.07, 6.45) is 0. The van der Waals surface area contributed by atoms with Crippen molar-refractivity contribution in [3.05, 3.63) is 23.2 Å². The lowest BCUT2D eigenvalue weighted by molar-refractivity contribution is 0.415. The molecule has 1 atom stereocenters. The molecule has 1 aromatic carbocycles. The number of sulfonamides is 1. The van der Waals surface area contributed by atoms with Crippen molar-refractivity contribution in [3.8, 4) is 11.8 Å². The number of nitrogens with one attached hydrogen (secondary N) is 1. The van der Waals surface area contributed by atoms with Crippen molar-refractivity contribution in [2.75, 3.05) is 11.8 Å². The van der Waals surface area contributed by atoms with Crippen molar-refractivity contribution in [1.82, 2.24) is 0 Å². The van der Waals surface area contributed by atoms with Gasteiger partial charge in [-0.2, -0.15) is 5.26 Å². The molecule has 0 aromatic heterocycles. The number of hydrogen-bond acceptors (Lipinski definition) is 4. The molecular weight excluding hydrogens is 264 g/mol. The second kappa shape index (κ2) is 5.25. The first-order valence-corrected chi connectivity index (χ1v) is 6.58. The van der Waals surface area contributed by atoms with Crippen molar-refractivity contribution in [3.63, 3.8) is 0 Å². The quantitative estimate of drug-likeness (QED) is 0.911. The van der Waals surface area contributed by atoms with Gasteiger partial charge >= 0.3 is 0 Å². The van der Waals surface area contributed by atoms with Crippen LogP contribution in [-0.2, 0) is 10.0 Å². The number of nitriles is 1. The van der Waals surface area contributed by atoms with Gasteiger partial charge in [0.1, 0.15) is 5.75 Å². The van der Waals surface area contributed by atoms with Crippen LogP contribution in [0.25, 0.3) is 0 Å². The molecule has 1 unspecified atom stereocenters. The van der Waals surface area contributed by atoms with E-state index in [4.69, 9.17) is 21.6 Å². The van der Waals surface area contributed by atoms with E-state index in [1.54, 1.807) is 6.07 Å². The molecule has 0 amide bonds. The first-order valence-electron chi connectivity index (χ1n) is 4.65. The van der Waals surface area contributed by atoms with E-state index >= 15 is 0 Å². The fourth-order valence-corrected chi connectivity index (χ4v) is 2.08. The van der Waals surface area contributed by atoms with Gasteiger partial charge in [-0.25, -0.2) is 8.42 Å². The number of ether oxygens (including phenoxy) is 1. The Bertz CT molecular complexity index is 551. The van der Waals surface area contributed by atoms with Gasteiger partial charge in [-0.3, -0.25) is 4.72 Å². The maximum Gasteiger partial charge on any atom is 0.248 e. The molecule has 0 bridgehead atoms. The summed E-state index contributed by atoms with van der Waals surface area (Å²) in [5.41, 5.74) is 0.290. The molecule has 0 aliphatic rings. The second-order valence-corrected chi connectivity index (χ2v) is 5.68. The van der Waals surface area contributed by atoms with E-state index in [1.807, 2.05) is 0 Å². The van der Waals surface area contributed by atoms with E-state index < -0.39 is 15.3 Å². The van der Waals surface area contributed by atoms with Gasteiger partial charge < -0.3 is 4.74 Å². The largest absolute Gasteiger partial charge is 0.495 e. The zero-order valence-electron chi connectivity index (χ0n) is 9.27. The second-order valence-electron chi connectivity index (χ2n) is 3.27. The molecule has 5 nitrogen and oxygen atoms in total. The Kier molecular flexibility index (Phi) is 4.21. The summed E-state index contributed by atoms with van der Waals surface area (Å²) < 4.78 is 30.4. The van der Waals surface area contributed by atoms with Crippen LogP contribution in [0.2, 0.25) is 5.02 Å². The van der Waals surface area contributed by atoms with Crippen molar-refractivity contribution in [2.24, 2.45) is 0 Å². The third kappa shape index (κ3) is 3.25. The van der Waals surface area contributed by atoms with Gasteiger partial charge in [0.2, 0.25) is 10.0 Å². The van der Waals surface area contributed by atoms with Crippen molar-refractivity contribution in [1.29, 1.82) is 5.26 Å². The Labute approximate surface area is 105 Å². The normalized spacial score (nSPS) is 12.6. The topological polar surface area (TPSA) is 79.2 Å². The summed E-state index contributed by atoms with van der Waals surface area (Å²) in [5.74, 6) is 0.447. The lowest BCUT2D eigenvalue weighted by Crippen LogP contribution is -2.23. The van der Waals surface area contributed by atoms with Crippen LogP contribution >= 0.6 is 11.6 Å². The third-order valence-electron chi connectivity index (χ3n) is 2.06. The molecule has 0 spiro atoms. The molecule has 1 N–H and O–H groups in total. The highest BCUT2D eigenvalue weighted by Gasteiger charge is 2.20. The molecule has 0 aliphatic carbocycles. The van der Waals surface area contributed by atoms with Gasteiger partial charge in [0, 0.05) is 0 Å². The molecule has 92 valence electrons. The summed E-state index contributed by atoms with van der Waals surface area (Å²) in [6.45, 7) is 1.30. The summed E-state index contributed by atoms with van der Waals surface area (Å²) in [6, 6.07) is 6.12. The number of hydrogen-bond donors (Lipinski definition) is 1. The fraction of sp³-hybridized carbons (Fsp3) is 0.300. The molecule has 7 heteroatoms. The molecular formula is C10H11ClN2O3S. The lowest BCUT2D eigenvalue weighted by Gasteiger charge is -2.10. The van der Waals surface area contributed by atoms with E-state index in [0.29, 0.717) is 5.75 Å².